The van der Waals surface area contributed by atoms with Gasteiger partial charge in [-0.25, -0.2) is 10.3 Å². The van der Waals surface area contributed by atoms with Gasteiger partial charge < -0.3 is 18.6 Å². The van der Waals surface area contributed by atoms with Crippen LogP contribution in [0.25, 0.3) is 0 Å². The first-order valence-electron chi connectivity index (χ1n) is 19.9. The monoisotopic (exact) mass is 1030 g/mol. The number of halogens is 17. The number of methoxy groups -OCH3 is 1. The zero-order valence-corrected chi connectivity index (χ0v) is 37.6. The predicted octanol–water partition coefficient (Wildman–Crippen LogP) is 13.3. The third kappa shape index (κ3) is 12.7. The lowest BCUT2D eigenvalue weighted by Crippen LogP contribution is -2.74. The Balaban J connectivity index is 2.28. The maximum absolute atomic E-state index is 15.0. The van der Waals surface area contributed by atoms with Gasteiger partial charge in [-0.1, -0.05) is 52.0 Å². The van der Waals surface area contributed by atoms with Crippen molar-refractivity contribution in [1.82, 2.24) is 5.48 Å². The molecular weight excluding hydrogens is 984 g/mol. The van der Waals surface area contributed by atoms with Crippen molar-refractivity contribution in [3.8, 4) is 11.5 Å². The average molecular weight is 1030 g/mol. The quantitative estimate of drug-likeness (QED) is 0.0173. The van der Waals surface area contributed by atoms with E-state index in [1.54, 1.807) is 43.3 Å². The Hall–Kier alpha value is -4.79. The summed E-state index contributed by atoms with van der Waals surface area (Å²) >= 11 is 0. The summed E-state index contributed by atoms with van der Waals surface area (Å²) in [5, 5.41) is 11.3. The van der Waals surface area contributed by atoms with E-state index in [9.17, 15) is 75.4 Å². The Morgan fingerprint density at radius 3 is 1.65 bits per heavy atom. The zero-order chi connectivity index (χ0) is 52.5. The van der Waals surface area contributed by atoms with Crippen LogP contribution in [0.15, 0.2) is 72.3 Å². The number of amides is 2. The summed E-state index contributed by atoms with van der Waals surface area (Å²) in [7, 11) is -2.58. The first-order valence-corrected chi connectivity index (χ1v) is 22.2. The Labute approximate surface area is 379 Å². The largest absolute Gasteiger partial charge is 0.497 e. The summed E-state index contributed by atoms with van der Waals surface area (Å²) in [5.74, 6) is -57.0. The first kappa shape index (κ1) is 59.3. The maximum Gasteiger partial charge on any atom is 0.460 e. The molecule has 0 aliphatic heterocycles. The Kier molecular flexibility index (Phi) is 19.5. The molecule has 2 aromatic rings. The third-order valence-corrected chi connectivity index (χ3v) is 16.3. The molecule has 0 bridgehead atoms. The highest BCUT2D eigenvalue weighted by molar-refractivity contribution is 6.76. The SMILES string of the molecule is COc1ccc(NC(=O)O[C@H](CC/C=C/C(C)=C/C(=O)NO)c2ccc(OCCO[Si](CCC(F)(F)C(F)(F)C(F)(F)C(F)(F)C(F)(F)C(F)(F)C(F)(F)C(F)(F)F)(C(C)C)C(C)C)cc2)cc1. The predicted molar refractivity (Wildman–Crippen MR) is 212 cm³/mol. The van der Waals surface area contributed by atoms with Gasteiger partial charge in [-0.2, -0.15) is 74.6 Å². The molecule has 0 saturated carbocycles. The molecule has 1 atom stereocenters. The van der Waals surface area contributed by atoms with Crippen LogP contribution < -0.4 is 20.3 Å². The maximum atomic E-state index is 15.0. The van der Waals surface area contributed by atoms with Gasteiger partial charge in [-0.15, -0.1) is 0 Å². The van der Waals surface area contributed by atoms with E-state index in [0.717, 1.165) is 6.08 Å². The molecular formula is C41H47F17N2O7Si. The minimum atomic E-state index is -8.71. The molecule has 0 unspecified atom stereocenters. The fourth-order valence-electron chi connectivity index (χ4n) is 6.57. The van der Waals surface area contributed by atoms with Crippen molar-refractivity contribution in [2.75, 3.05) is 25.6 Å². The van der Waals surface area contributed by atoms with Crippen LogP contribution in [0.2, 0.25) is 17.1 Å². The molecule has 386 valence electrons. The minimum absolute atomic E-state index is 0.118. The Morgan fingerprint density at radius 2 is 1.18 bits per heavy atom. The van der Waals surface area contributed by atoms with Crippen LogP contribution in [-0.2, 0) is 14.0 Å². The summed E-state index contributed by atoms with van der Waals surface area (Å²) in [6, 6.07) is 10.7. The van der Waals surface area contributed by atoms with Gasteiger partial charge in [0.05, 0.1) is 13.7 Å². The number of rotatable bonds is 25. The number of carbonyl (C=O) groups excluding carboxylic acids is 2. The summed E-state index contributed by atoms with van der Waals surface area (Å²) < 4.78 is 258. The van der Waals surface area contributed by atoms with E-state index in [0.29, 0.717) is 29.0 Å². The summed E-state index contributed by atoms with van der Waals surface area (Å²) in [5.41, 5.74) is 0.920. The molecule has 2 rings (SSSR count). The number of ether oxygens (including phenoxy) is 3. The smallest absolute Gasteiger partial charge is 0.460 e. The molecule has 27 heteroatoms. The molecule has 0 radical (unpaired) electrons. The summed E-state index contributed by atoms with van der Waals surface area (Å²) in [6.07, 6.45) is -7.36. The molecule has 2 amide bonds. The number of nitrogens with one attached hydrogen (secondary N) is 2. The molecule has 2 aromatic carbocycles. The van der Waals surface area contributed by atoms with E-state index in [1.165, 1.54) is 64.6 Å². The second kappa shape index (κ2) is 22.3. The van der Waals surface area contributed by atoms with Crippen molar-refractivity contribution in [3.63, 3.8) is 0 Å². The third-order valence-electron chi connectivity index (χ3n) is 10.6. The van der Waals surface area contributed by atoms with Crippen LogP contribution in [0.3, 0.4) is 0 Å². The van der Waals surface area contributed by atoms with Gasteiger partial charge >= 0.3 is 53.7 Å². The van der Waals surface area contributed by atoms with Crippen molar-refractivity contribution >= 4 is 26.0 Å². The molecule has 0 spiro atoms. The van der Waals surface area contributed by atoms with Gasteiger partial charge in [-0.05, 0) is 84.4 Å². The Morgan fingerprint density at radius 1 is 0.691 bits per heavy atom. The van der Waals surface area contributed by atoms with E-state index < -0.39 is 111 Å². The van der Waals surface area contributed by atoms with E-state index >= 15 is 8.78 Å². The molecule has 0 saturated heterocycles. The molecule has 0 heterocycles. The lowest BCUT2D eigenvalue weighted by molar-refractivity contribution is -0.461. The number of hydroxylamine groups is 1. The fourth-order valence-corrected chi connectivity index (χ4v) is 11.0. The molecule has 3 N–H and O–H groups in total. The average Bonchev–Trinajstić information content (AvgIpc) is 3.23. The van der Waals surface area contributed by atoms with Crippen molar-refractivity contribution < 1.29 is 108 Å². The van der Waals surface area contributed by atoms with Crippen LogP contribution in [-0.4, -0.2) is 93.5 Å². The molecule has 0 aliphatic rings. The molecule has 9 nitrogen and oxygen atoms in total. The Bertz CT molecular complexity index is 2020. The highest BCUT2D eigenvalue weighted by Crippen LogP contribution is 2.64. The number of anilines is 1. The molecule has 0 aromatic heterocycles. The standard InChI is InChI=1S/C41H47F17N2O7Si/c1-24(2)68(25(3)4,22-19-34(42,43)35(44,45)36(46,47)37(48,49)38(50,51)39(52,53)40(54,55)41(56,57)58)66-21-20-65-30-15-11-27(12-16-30)31(10-8-7-9-26(5)23-32(61)60-63)67-33(62)59-28-13-17-29(64-6)18-14-28/h7,9,11-18,23-25,31,63H,8,10,19-22H2,1-6H3,(H,59,62)(H,60,61)/b9-7+,26-23+/t31-/m1/s1. The topological polar surface area (TPSA) is 115 Å². The number of hydrogen-bond donors (Lipinski definition) is 3. The van der Waals surface area contributed by atoms with Crippen LogP contribution >= 0.6 is 0 Å². The molecule has 0 aliphatic carbocycles. The van der Waals surface area contributed by atoms with Gasteiger partial charge in [0.2, 0.25) is 0 Å². The number of carbonyl (C=O) groups is 2. The normalized spacial score (nSPS) is 14.6. The second-order valence-electron chi connectivity index (χ2n) is 15.8. The zero-order valence-electron chi connectivity index (χ0n) is 36.6. The van der Waals surface area contributed by atoms with Crippen molar-refractivity contribution in [1.29, 1.82) is 0 Å². The van der Waals surface area contributed by atoms with Crippen molar-refractivity contribution in [3.05, 3.63) is 77.9 Å². The second-order valence-corrected chi connectivity index (χ2v) is 20.8. The highest BCUT2D eigenvalue weighted by atomic mass is 28.4. The van der Waals surface area contributed by atoms with Crippen LogP contribution in [0, 0.1) is 0 Å². The van der Waals surface area contributed by atoms with Gasteiger partial charge in [0.1, 0.15) is 24.2 Å². The van der Waals surface area contributed by atoms with Gasteiger partial charge in [0.25, 0.3) is 5.91 Å². The van der Waals surface area contributed by atoms with Crippen molar-refractivity contribution in [2.24, 2.45) is 0 Å². The number of allylic oxidation sites excluding steroid dienone is 3. The lowest BCUT2D eigenvalue weighted by atomic mass is 9.88. The first-order chi connectivity index (χ1) is 30.9. The lowest BCUT2D eigenvalue weighted by Gasteiger charge is -2.44. The van der Waals surface area contributed by atoms with E-state index in [2.05, 4.69) is 5.32 Å². The number of benzene rings is 2. The summed E-state index contributed by atoms with van der Waals surface area (Å²) in [4.78, 5) is 24.3. The van der Waals surface area contributed by atoms with E-state index in [-0.39, 0.29) is 12.2 Å². The fraction of sp³-hybridized carbons (Fsp3) is 0.561. The number of alkyl halides is 17. The summed E-state index contributed by atoms with van der Waals surface area (Å²) in [6.45, 7) is 5.87. The van der Waals surface area contributed by atoms with Crippen LogP contribution in [0.5, 0.6) is 11.5 Å². The van der Waals surface area contributed by atoms with E-state index in [4.69, 9.17) is 23.8 Å². The van der Waals surface area contributed by atoms with E-state index in [1.807, 2.05) is 0 Å². The molecule has 0 fully saturated rings. The van der Waals surface area contributed by atoms with Crippen molar-refractivity contribution in [2.45, 2.75) is 125 Å². The van der Waals surface area contributed by atoms with Crippen LogP contribution in [0.1, 0.15) is 65.5 Å². The minimum Gasteiger partial charge on any atom is -0.497 e. The molecule has 68 heavy (non-hydrogen) atoms. The van der Waals surface area contributed by atoms with Crippen LogP contribution in [0.4, 0.5) is 85.1 Å². The van der Waals surface area contributed by atoms with Gasteiger partial charge in [0, 0.05) is 18.2 Å². The number of hydrogen-bond acceptors (Lipinski definition) is 7. The van der Waals surface area contributed by atoms with Gasteiger partial charge in [-0.3, -0.25) is 15.3 Å². The van der Waals surface area contributed by atoms with Gasteiger partial charge in [0.15, 0.2) is 8.32 Å². The highest BCUT2D eigenvalue weighted by Gasteiger charge is 2.95.